The zero-order valence-corrected chi connectivity index (χ0v) is 16.8. The van der Waals surface area contributed by atoms with Crippen molar-refractivity contribution in [2.24, 2.45) is 0 Å². The van der Waals surface area contributed by atoms with Crippen LogP contribution in [0.15, 0.2) is 54.7 Å². The highest BCUT2D eigenvalue weighted by Crippen LogP contribution is 2.29. The summed E-state index contributed by atoms with van der Waals surface area (Å²) in [6, 6.07) is 15.9. The lowest BCUT2D eigenvalue weighted by Gasteiger charge is -2.16. The summed E-state index contributed by atoms with van der Waals surface area (Å²) >= 11 is 0. The number of benzene rings is 2. The van der Waals surface area contributed by atoms with Crippen molar-refractivity contribution in [2.75, 3.05) is 5.32 Å². The number of carbonyl (C=O) groups is 1. The molecule has 1 aromatic heterocycles. The number of nitrogens with zero attached hydrogens (tertiary/aromatic N) is 2. The maximum atomic E-state index is 12.5. The first-order chi connectivity index (χ1) is 13.4. The zero-order valence-electron chi connectivity index (χ0n) is 16.8. The Hall–Kier alpha value is -3.21. The molecule has 144 valence electrons. The average Bonchev–Trinajstić information content (AvgIpc) is 2.68. The number of amides is 1. The molecule has 2 N–H and O–H groups in total. The van der Waals surface area contributed by atoms with Gasteiger partial charge in [-0.2, -0.15) is 0 Å². The minimum Gasteiger partial charge on any atom is -0.347 e. The summed E-state index contributed by atoms with van der Waals surface area (Å²) < 4.78 is 0. The molecule has 0 fully saturated rings. The molecule has 0 saturated carbocycles. The summed E-state index contributed by atoms with van der Waals surface area (Å²) in [5, 5.41) is 6.21. The monoisotopic (exact) mass is 374 g/mol. The molecule has 0 aliphatic heterocycles. The Labute approximate surface area is 166 Å². The number of para-hydroxylation sites is 1. The smallest absolute Gasteiger partial charge is 0.270 e. The van der Waals surface area contributed by atoms with Gasteiger partial charge in [0.1, 0.15) is 5.69 Å². The van der Waals surface area contributed by atoms with Gasteiger partial charge >= 0.3 is 0 Å². The van der Waals surface area contributed by atoms with Crippen LogP contribution in [0.1, 0.15) is 52.5 Å². The van der Waals surface area contributed by atoms with E-state index in [1.807, 2.05) is 44.2 Å². The van der Waals surface area contributed by atoms with E-state index < -0.39 is 0 Å². The molecule has 5 heteroatoms. The SMILES string of the molecule is Cc1cccc(CNC(=O)c2ccnc(Nc3c(C)cccc3C(C)C)n2)c1. The van der Waals surface area contributed by atoms with Gasteiger partial charge in [0.25, 0.3) is 5.91 Å². The Morgan fingerprint density at radius 2 is 1.86 bits per heavy atom. The van der Waals surface area contributed by atoms with Crippen molar-refractivity contribution < 1.29 is 4.79 Å². The van der Waals surface area contributed by atoms with Gasteiger partial charge in [-0.3, -0.25) is 4.79 Å². The van der Waals surface area contributed by atoms with Gasteiger partial charge in [0.2, 0.25) is 5.95 Å². The van der Waals surface area contributed by atoms with Crippen LogP contribution in [-0.4, -0.2) is 15.9 Å². The van der Waals surface area contributed by atoms with Crippen LogP contribution in [0, 0.1) is 13.8 Å². The molecule has 5 nitrogen and oxygen atoms in total. The van der Waals surface area contributed by atoms with Crippen LogP contribution in [0.4, 0.5) is 11.6 Å². The van der Waals surface area contributed by atoms with E-state index in [0.29, 0.717) is 24.1 Å². The van der Waals surface area contributed by atoms with Crippen molar-refractivity contribution in [2.45, 2.75) is 40.2 Å². The Balaban J connectivity index is 1.75. The lowest BCUT2D eigenvalue weighted by molar-refractivity contribution is 0.0946. The third-order valence-corrected chi connectivity index (χ3v) is 4.59. The molecule has 0 atom stereocenters. The Morgan fingerprint density at radius 1 is 1.07 bits per heavy atom. The second-order valence-corrected chi connectivity index (χ2v) is 7.26. The highest BCUT2D eigenvalue weighted by atomic mass is 16.1. The lowest BCUT2D eigenvalue weighted by Crippen LogP contribution is -2.24. The molecular formula is C23H26N4O. The lowest BCUT2D eigenvalue weighted by atomic mass is 9.98. The number of nitrogens with one attached hydrogen (secondary N) is 2. The first-order valence-electron chi connectivity index (χ1n) is 9.47. The van der Waals surface area contributed by atoms with Crippen molar-refractivity contribution in [3.8, 4) is 0 Å². The average molecular weight is 374 g/mol. The summed E-state index contributed by atoms with van der Waals surface area (Å²) in [4.78, 5) is 21.2. The van der Waals surface area contributed by atoms with E-state index in [0.717, 1.165) is 16.8 Å². The zero-order chi connectivity index (χ0) is 20.1. The highest BCUT2D eigenvalue weighted by molar-refractivity contribution is 5.92. The molecule has 3 aromatic rings. The molecule has 28 heavy (non-hydrogen) atoms. The van der Waals surface area contributed by atoms with Crippen molar-refractivity contribution in [1.29, 1.82) is 0 Å². The van der Waals surface area contributed by atoms with Gasteiger partial charge in [-0.05, 0) is 42.5 Å². The van der Waals surface area contributed by atoms with Crippen molar-refractivity contribution in [3.63, 3.8) is 0 Å². The number of carbonyl (C=O) groups excluding carboxylic acids is 1. The highest BCUT2D eigenvalue weighted by Gasteiger charge is 2.13. The van der Waals surface area contributed by atoms with Crippen LogP contribution in [0.25, 0.3) is 0 Å². The fourth-order valence-corrected chi connectivity index (χ4v) is 3.09. The largest absolute Gasteiger partial charge is 0.347 e. The van der Waals surface area contributed by atoms with Crippen molar-refractivity contribution in [1.82, 2.24) is 15.3 Å². The quantitative estimate of drug-likeness (QED) is 0.645. The normalized spacial score (nSPS) is 10.8. The molecule has 0 bridgehead atoms. The van der Waals surface area contributed by atoms with E-state index in [4.69, 9.17) is 0 Å². The standard InChI is InChI=1S/C23H26N4O/c1-15(2)19-10-6-8-17(4)21(19)27-23-24-12-11-20(26-23)22(28)25-14-18-9-5-7-16(3)13-18/h5-13,15H,14H2,1-4H3,(H,25,28)(H,24,26,27). The summed E-state index contributed by atoms with van der Waals surface area (Å²) in [6.45, 7) is 8.84. The first kappa shape index (κ1) is 19.5. The summed E-state index contributed by atoms with van der Waals surface area (Å²) in [7, 11) is 0. The molecule has 1 amide bonds. The van der Waals surface area contributed by atoms with E-state index >= 15 is 0 Å². The number of aromatic nitrogens is 2. The van der Waals surface area contributed by atoms with Crippen LogP contribution in [-0.2, 0) is 6.54 Å². The number of rotatable bonds is 6. The maximum Gasteiger partial charge on any atom is 0.270 e. The minimum atomic E-state index is -0.221. The Kier molecular flexibility index (Phi) is 6.04. The molecule has 1 heterocycles. The van der Waals surface area contributed by atoms with Gasteiger partial charge in [-0.1, -0.05) is 61.9 Å². The second-order valence-electron chi connectivity index (χ2n) is 7.26. The molecule has 0 unspecified atom stereocenters. The third-order valence-electron chi connectivity index (χ3n) is 4.59. The molecule has 0 saturated heterocycles. The Bertz CT molecular complexity index is 982. The van der Waals surface area contributed by atoms with Crippen LogP contribution >= 0.6 is 0 Å². The van der Waals surface area contributed by atoms with Crippen LogP contribution in [0.3, 0.4) is 0 Å². The molecule has 0 radical (unpaired) electrons. The molecule has 0 spiro atoms. The molecule has 3 rings (SSSR count). The third kappa shape index (κ3) is 4.74. The van der Waals surface area contributed by atoms with E-state index in [1.165, 1.54) is 11.1 Å². The van der Waals surface area contributed by atoms with Crippen molar-refractivity contribution in [3.05, 3.63) is 82.7 Å². The van der Waals surface area contributed by atoms with Crippen LogP contribution in [0.2, 0.25) is 0 Å². The van der Waals surface area contributed by atoms with Gasteiger partial charge in [0, 0.05) is 18.4 Å². The van der Waals surface area contributed by atoms with E-state index in [1.54, 1.807) is 12.3 Å². The Morgan fingerprint density at radius 3 is 2.61 bits per heavy atom. The van der Waals surface area contributed by atoms with Gasteiger partial charge in [0.05, 0.1) is 0 Å². The first-order valence-corrected chi connectivity index (χ1v) is 9.47. The fraction of sp³-hybridized carbons (Fsp3) is 0.261. The van der Waals surface area contributed by atoms with E-state index in [-0.39, 0.29) is 5.91 Å². The number of aryl methyl sites for hydroxylation is 2. The van der Waals surface area contributed by atoms with Gasteiger partial charge in [-0.25, -0.2) is 9.97 Å². The van der Waals surface area contributed by atoms with E-state index in [2.05, 4.69) is 46.6 Å². The van der Waals surface area contributed by atoms with Gasteiger partial charge in [-0.15, -0.1) is 0 Å². The fourth-order valence-electron chi connectivity index (χ4n) is 3.09. The topological polar surface area (TPSA) is 66.9 Å². The number of hydrogen-bond acceptors (Lipinski definition) is 4. The number of anilines is 2. The summed E-state index contributed by atoms with van der Waals surface area (Å²) in [6.07, 6.45) is 1.60. The summed E-state index contributed by atoms with van der Waals surface area (Å²) in [5.41, 5.74) is 5.86. The predicted octanol–water partition coefficient (Wildman–Crippen LogP) is 4.89. The predicted molar refractivity (Wildman–Crippen MR) is 113 cm³/mol. The van der Waals surface area contributed by atoms with Crippen molar-refractivity contribution >= 4 is 17.5 Å². The molecule has 0 aliphatic carbocycles. The van der Waals surface area contributed by atoms with Gasteiger partial charge in [0.15, 0.2) is 0 Å². The van der Waals surface area contributed by atoms with Gasteiger partial charge < -0.3 is 10.6 Å². The second kappa shape index (κ2) is 8.65. The van der Waals surface area contributed by atoms with Crippen LogP contribution < -0.4 is 10.6 Å². The molecule has 0 aliphatic rings. The molecule has 2 aromatic carbocycles. The summed E-state index contributed by atoms with van der Waals surface area (Å²) in [5.74, 6) is 0.559. The number of hydrogen-bond donors (Lipinski definition) is 2. The minimum absolute atomic E-state index is 0.221. The molecular weight excluding hydrogens is 348 g/mol. The van der Waals surface area contributed by atoms with E-state index in [9.17, 15) is 4.79 Å². The maximum absolute atomic E-state index is 12.5. The van der Waals surface area contributed by atoms with Crippen LogP contribution in [0.5, 0.6) is 0 Å².